The molecule has 1 aliphatic heterocycles. The smallest absolute Gasteiger partial charge is 0.251 e. The number of hydrogen-bond acceptors (Lipinski definition) is 5. The third kappa shape index (κ3) is 6.15. The number of methoxy groups -OCH3 is 1. The molecule has 0 aliphatic carbocycles. The van der Waals surface area contributed by atoms with E-state index in [2.05, 4.69) is 10.6 Å². The van der Waals surface area contributed by atoms with Crippen LogP contribution in [0.1, 0.15) is 42.6 Å². The summed E-state index contributed by atoms with van der Waals surface area (Å²) in [4.78, 5) is 26.1. The fourth-order valence-electron chi connectivity index (χ4n) is 4.05. The molecule has 0 radical (unpaired) electrons. The highest BCUT2D eigenvalue weighted by atomic mass is 32.2. The van der Waals surface area contributed by atoms with Crippen molar-refractivity contribution in [3.8, 4) is 5.75 Å². The van der Waals surface area contributed by atoms with Gasteiger partial charge in [0.1, 0.15) is 11.8 Å². The van der Waals surface area contributed by atoms with E-state index < -0.39 is 16.1 Å². The Kier molecular flexibility index (Phi) is 8.33. The number of carbonyl (C=O) groups excluding carboxylic acids is 2. The molecule has 1 heterocycles. The highest BCUT2D eigenvalue weighted by Gasteiger charge is 2.36. The molecule has 184 valence electrons. The minimum absolute atomic E-state index is 0.0881. The molecule has 0 bridgehead atoms. The van der Waals surface area contributed by atoms with Gasteiger partial charge < -0.3 is 15.4 Å². The average molecular weight is 488 g/mol. The first-order valence-corrected chi connectivity index (χ1v) is 12.9. The van der Waals surface area contributed by atoms with Gasteiger partial charge in [0, 0.05) is 24.7 Å². The van der Waals surface area contributed by atoms with Crippen LogP contribution in [0.15, 0.2) is 53.4 Å². The van der Waals surface area contributed by atoms with Crippen LogP contribution in [0.3, 0.4) is 0 Å². The highest BCUT2D eigenvalue weighted by Crippen LogP contribution is 2.26. The Balaban J connectivity index is 1.72. The Morgan fingerprint density at radius 3 is 2.09 bits per heavy atom. The van der Waals surface area contributed by atoms with E-state index in [0.717, 1.165) is 5.56 Å². The monoisotopic (exact) mass is 487 g/mol. The third-order valence-corrected chi connectivity index (χ3v) is 7.89. The number of hydrogen-bond donors (Lipinski definition) is 2. The van der Waals surface area contributed by atoms with Gasteiger partial charge in [-0.2, -0.15) is 4.31 Å². The van der Waals surface area contributed by atoms with Crippen molar-refractivity contribution in [2.24, 2.45) is 5.92 Å². The lowest BCUT2D eigenvalue weighted by Gasteiger charge is -2.35. The standard InChI is InChI=1S/C25H33N3O5S/c1-17(2)26-25(30)23(27-24(29)20-7-9-21(33-4)10-8-20)19-13-15-28(16-14-19)34(31,32)22-11-5-18(3)6-12-22/h5-12,17,19,23H,13-16H2,1-4H3,(H,26,30)(H,27,29)/t23-/m1/s1. The summed E-state index contributed by atoms with van der Waals surface area (Å²) in [5, 5.41) is 5.76. The van der Waals surface area contributed by atoms with Crippen LogP contribution in [0, 0.1) is 12.8 Å². The minimum Gasteiger partial charge on any atom is -0.497 e. The molecular weight excluding hydrogens is 454 g/mol. The van der Waals surface area contributed by atoms with Gasteiger partial charge in [0.15, 0.2) is 0 Å². The van der Waals surface area contributed by atoms with Crippen molar-refractivity contribution in [3.63, 3.8) is 0 Å². The largest absolute Gasteiger partial charge is 0.497 e. The van der Waals surface area contributed by atoms with Crippen molar-refractivity contribution in [1.29, 1.82) is 0 Å². The predicted octanol–water partition coefficient (Wildman–Crippen LogP) is 2.73. The summed E-state index contributed by atoms with van der Waals surface area (Å²) in [7, 11) is -2.06. The molecule has 8 nitrogen and oxygen atoms in total. The first-order chi connectivity index (χ1) is 16.1. The summed E-state index contributed by atoms with van der Waals surface area (Å²) in [6.45, 7) is 6.19. The lowest BCUT2D eigenvalue weighted by atomic mass is 9.89. The Morgan fingerprint density at radius 1 is 0.971 bits per heavy atom. The number of carbonyl (C=O) groups is 2. The van der Waals surface area contributed by atoms with Crippen LogP contribution in [-0.2, 0) is 14.8 Å². The second kappa shape index (κ2) is 11.0. The minimum atomic E-state index is -3.61. The van der Waals surface area contributed by atoms with Crippen molar-refractivity contribution in [2.75, 3.05) is 20.2 Å². The third-order valence-electron chi connectivity index (χ3n) is 5.98. The van der Waals surface area contributed by atoms with E-state index in [1.165, 1.54) is 4.31 Å². The SMILES string of the molecule is COc1ccc(C(=O)N[C@@H](C(=O)NC(C)C)C2CCN(S(=O)(=O)c3ccc(C)cc3)CC2)cc1. The number of benzene rings is 2. The Bertz CT molecular complexity index is 1090. The molecule has 2 aromatic rings. The second-order valence-electron chi connectivity index (χ2n) is 8.90. The predicted molar refractivity (Wildman–Crippen MR) is 130 cm³/mol. The van der Waals surface area contributed by atoms with E-state index in [9.17, 15) is 18.0 Å². The van der Waals surface area contributed by atoms with E-state index in [-0.39, 0.29) is 41.8 Å². The molecule has 0 saturated carbocycles. The number of amides is 2. The number of nitrogens with one attached hydrogen (secondary N) is 2. The summed E-state index contributed by atoms with van der Waals surface area (Å²) in [6.07, 6.45) is 0.925. The van der Waals surface area contributed by atoms with E-state index in [1.807, 2.05) is 20.8 Å². The number of piperidine rings is 1. The van der Waals surface area contributed by atoms with Gasteiger partial charge in [-0.05, 0) is 75.9 Å². The van der Waals surface area contributed by atoms with E-state index in [0.29, 0.717) is 24.2 Å². The molecule has 0 aromatic heterocycles. The average Bonchev–Trinajstić information content (AvgIpc) is 2.82. The maximum atomic E-state index is 13.0. The molecule has 1 fully saturated rings. The van der Waals surface area contributed by atoms with Crippen LogP contribution >= 0.6 is 0 Å². The van der Waals surface area contributed by atoms with Crippen molar-refractivity contribution < 1.29 is 22.7 Å². The molecule has 3 rings (SSSR count). The van der Waals surface area contributed by atoms with Crippen LogP contribution in [0.25, 0.3) is 0 Å². The zero-order valence-corrected chi connectivity index (χ0v) is 20.9. The maximum Gasteiger partial charge on any atom is 0.251 e. The first-order valence-electron chi connectivity index (χ1n) is 11.4. The Morgan fingerprint density at radius 2 is 1.56 bits per heavy atom. The zero-order valence-electron chi connectivity index (χ0n) is 20.1. The lowest BCUT2D eigenvalue weighted by Crippen LogP contribution is -2.54. The molecule has 0 spiro atoms. The number of ether oxygens (including phenoxy) is 1. The summed E-state index contributed by atoms with van der Waals surface area (Å²) >= 11 is 0. The van der Waals surface area contributed by atoms with E-state index in [4.69, 9.17) is 4.74 Å². The van der Waals surface area contributed by atoms with Crippen LogP contribution in [0.5, 0.6) is 5.75 Å². The van der Waals surface area contributed by atoms with Crippen LogP contribution in [0.4, 0.5) is 0 Å². The molecular formula is C25H33N3O5S. The van der Waals surface area contributed by atoms with Gasteiger partial charge in [0.05, 0.1) is 12.0 Å². The molecule has 2 aromatic carbocycles. The van der Waals surface area contributed by atoms with E-state index >= 15 is 0 Å². The van der Waals surface area contributed by atoms with Crippen molar-refractivity contribution in [1.82, 2.24) is 14.9 Å². The molecule has 2 amide bonds. The van der Waals surface area contributed by atoms with Gasteiger partial charge in [0.2, 0.25) is 15.9 Å². The zero-order chi connectivity index (χ0) is 24.9. The quantitative estimate of drug-likeness (QED) is 0.596. The van der Waals surface area contributed by atoms with Crippen LogP contribution < -0.4 is 15.4 Å². The number of aryl methyl sites for hydroxylation is 1. The fourth-order valence-corrected chi connectivity index (χ4v) is 5.52. The molecule has 1 atom stereocenters. The first kappa shape index (κ1) is 25.7. The van der Waals surface area contributed by atoms with Crippen molar-refractivity contribution in [3.05, 3.63) is 59.7 Å². The summed E-state index contributed by atoms with van der Waals surface area (Å²) in [5.41, 5.74) is 1.41. The number of rotatable bonds is 8. The highest BCUT2D eigenvalue weighted by molar-refractivity contribution is 7.89. The molecule has 34 heavy (non-hydrogen) atoms. The summed E-state index contributed by atoms with van der Waals surface area (Å²) in [5.74, 6) is -0.184. The van der Waals surface area contributed by atoms with Gasteiger partial charge in [-0.3, -0.25) is 9.59 Å². The van der Waals surface area contributed by atoms with Crippen LogP contribution in [0.2, 0.25) is 0 Å². The molecule has 9 heteroatoms. The number of sulfonamides is 1. The normalized spacial score (nSPS) is 16.1. The van der Waals surface area contributed by atoms with Gasteiger partial charge in [0.25, 0.3) is 5.91 Å². The maximum absolute atomic E-state index is 13.0. The Labute approximate surface area is 201 Å². The number of nitrogens with zero attached hydrogens (tertiary/aromatic N) is 1. The van der Waals surface area contributed by atoms with Crippen LogP contribution in [-0.4, -0.2) is 56.8 Å². The lowest BCUT2D eigenvalue weighted by molar-refractivity contribution is -0.125. The van der Waals surface area contributed by atoms with Gasteiger partial charge in [-0.15, -0.1) is 0 Å². The van der Waals surface area contributed by atoms with Gasteiger partial charge in [-0.25, -0.2) is 8.42 Å². The fraction of sp³-hybridized carbons (Fsp3) is 0.440. The summed E-state index contributed by atoms with van der Waals surface area (Å²) in [6, 6.07) is 12.6. The molecule has 1 saturated heterocycles. The van der Waals surface area contributed by atoms with Gasteiger partial charge in [-0.1, -0.05) is 17.7 Å². The van der Waals surface area contributed by atoms with Gasteiger partial charge >= 0.3 is 0 Å². The van der Waals surface area contributed by atoms with Crippen molar-refractivity contribution in [2.45, 2.75) is 50.6 Å². The van der Waals surface area contributed by atoms with E-state index in [1.54, 1.807) is 55.6 Å². The second-order valence-corrected chi connectivity index (χ2v) is 10.8. The topological polar surface area (TPSA) is 105 Å². The summed E-state index contributed by atoms with van der Waals surface area (Å²) < 4.78 is 32.7. The van der Waals surface area contributed by atoms with Crippen molar-refractivity contribution >= 4 is 21.8 Å². The Hall–Kier alpha value is -2.91. The molecule has 2 N–H and O–H groups in total. The molecule has 0 unspecified atom stereocenters. The molecule has 1 aliphatic rings.